The van der Waals surface area contributed by atoms with Crippen LogP contribution in [0, 0.1) is 16.7 Å². The van der Waals surface area contributed by atoms with E-state index in [0.717, 1.165) is 18.4 Å². The van der Waals surface area contributed by atoms with Gasteiger partial charge in [0, 0.05) is 5.41 Å². The van der Waals surface area contributed by atoms with Crippen molar-refractivity contribution in [1.29, 1.82) is 0 Å². The summed E-state index contributed by atoms with van der Waals surface area (Å²) in [6, 6.07) is 10.2. The van der Waals surface area contributed by atoms with Crippen molar-refractivity contribution in [3.8, 4) is 0 Å². The molecule has 0 N–H and O–H groups in total. The Morgan fingerprint density at radius 1 is 1.15 bits per heavy atom. The highest BCUT2D eigenvalue weighted by Crippen LogP contribution is 2.65. The monoisotopic (exact) mass is 266 g/mol. The fourth-order valence-corrected chi connectivity index (χ4v) is 3.95. The molecule has 0 saturated heterocycles. The maximum absolute atomic E-state index is 12.6. The van der Waals surface area contributed by atoms with Gasteiger partial charge in [-0.3, -0.25) is 4.79 Å². The van der Waals surface area contributed by atoms with E-state index < -0.39 is 0 Å². The zero-order valence-corrected chi connectivity index (χ0v) is 12.5. The first kappa shape index (κ1) is 13.4. The summed E-state index contributed by atoms with van der Waals surface area (Å²) in [5.74, 6) is 0.803. The molecule has 2 atom stereocenters. The van der Waals surface area contributed by atoms with Gasteiger partial charge in [-0.2, -0.15) is 0 Å². The highest BCUT2D eigenvalue weighted by atomic mass is 16.1. The lowest BCUT2D eigenvalue weighted by Gasteiger charge is -2.31. The highest BCUT2D eigenvalue weighted by molar-refractivity contribution is 6.05. The largest absolute Gasteiger partial charge is 0.294 e. The van der Waals surface area contributed by atoms with E-state index >= 15 is 0 Å². The maximum atomic E-state index is 12.6. The molecule has 0 aliphatic heterocycles. The van der Waals surface area contributed by atoms with Crippen LogP contribution < -0.4 is 0 Å². The summed E-state index contributed by atoms with van der Waals surface area (Å²) in [6.45, 7) is 6.66. The van der Waals surface area contributed by atoms with Gasteiger partial charge in [0.05, 0.1) is 0 Å². The summed E-state index contributed by atoms with van der Waals surface area (Å²) in [7, 11) is 0. The van der Waals surface area contributed by atoms with Crippen LogP contribution in [-0.4, -0.2) is 5.78 Å². The smallest absolute Gasteiger partial charge is 0.165 e. The van der Waals surface area contributed by atoms with E-state index in [9.17, 15) is 4.79 Å². The van der Waals surface area contributed by atoms with E-state index in [2.05, 4.69) is 39.0 Å². The third kappa shape index (κ3) is 1.72. The molecule has 1 nitrogen and oxygen atoms in total. The number of ketones is 1. The lowest BCUT2D eigenvalue weighted by Crippen LogP contribution is -2.32. The Morgan fingerprint density at radius 2 is 1.85 bits per heavy atom. The van der Waals surface area contributed by atoms with Gasteiger partial charge < -0.3 is 0 Å². The number of carbonyl (C=O) groups excluding carboxylic acids is 1. The number of hydrogen-bond acceptors (Lipinski definition) is 1. The van der Waals surface area contributed by atoms with Crippen molar-refractivity contribution >= 4 is 11.9 Å². The second kappa shape index (κ2) is 4.44. The Balaban J connectivity index is 1.88. The predicted octanol–water partition coefficient (Wildman–Crippen LogP) is 4.65. The molecule has 104 valence electrons. The summed E-state index contributed by atoms with van der Waals surface area (Å²) in [5, 5.41) is 0. The first-order valence-corrected chi connectivity index (χ1v) is 7.45. The number of Topliss-reactive ketones (excluding diaryl/α,β-unsaturated/α-hetero) is 1. The van der Waals surface area contributed by atoms with Gasteiger partial charge in [0.2, 0.25) is 0 Å². The Labute approximate surface area is 121 Å². The molecule has 1 aromatic carbocycles. The lowest BCUT2D eigenvalue weighted by molar-refractivity contribution is -0.125. The average molecular weight is 266 g/mol. The van der Waals surface area contributed by atoms with Gasteiger partial charge in [-0.05, 0) is 35.3 Å². The van der Waals surface area contributed by atoms with Crippen LogP contribution in [0.3, 0.4) is 0 Å². The topological polar surface area (TPSA) is 17.1 Å². The summed E-state index contributed by atoms with van der Waals surface area (Å²) < 4.78 is 0. The third-order valence-electron chi connectivity index (χ3n) is 5.73. The second-order valence-corrected chi connectivity index (χ2v) is 6.87. The minimum absolute atomic E-state index is 0.108. The lowest BCUT2D eigenvalue weighted by atomic mass is 9.70. The molecule has 0 amide bonds. The summed E-state index contributed by atoms with van der Waals surface area (Å²) in [5.41, 5.74) is 2.17. The van der Waals surface area contributed by atoms with Gasteiger partial charge in [0.15, 0.2) is 5.78 Å². The molecule has 0 heterocycles. The van der Waals surface area contributed by atoms with Gasteiger partial charge in [-0.15, -0.1) is 0 Å². The van der Waals surface area contributed by atoms with E-state index in [1.165, 1.54) is 5.56 Å². The van der Waals surface area contributed by atoms with E-state index in [1.54, 1.807) is 0 Å². The number of allylic oxidation sites excluding steroid dienone is 3. The Hall–Kier alpha value is -1.63. The molecule has 20 heavy (non-hydrogen) atoms. The SMILES string of the molecule is CC12CCC(C(=CC=Cc3ccccc3)C1=O)C2(C)C. The molecule has 2 fully saturated rings. The van der Waals surface area contributed by atoms with Crippen LogP contribution in [0.15, 0.2) is 48.1 Å². The van der Waals surface area contributed by atoms with Crippen molar-refractivity contribution in [2.45, 2.75) is 33.6 Å². The van der Waals surface area contributed by atoms with Gasteiger partial charge in [-0.1, -0.05) is 69.3 Å². The van der Waals surface area contributed by atoms with Crippen LogP contribution in [-0.2, 0) is 4.79 Å². The molecule has 2 aliphatic rings. The van der Waals surface area contributed by atoms with Crippen LogP contribution in [0.5, 0.6) is 0 Å². The van der Waals surface area contributed by atoms with Crippen LogP contribution >= 0.6 is 0 Å². The minimum Gasteiger partial charge on any atom is -0.294 e. The standard InChI is InChI=1S/C19H22O/c1-18(2)16-12-13-19(18,3)17(20)15(16)11-7-10-14-8-5-4-6-9-14/h4-11,16H,12-13H2,1-3H3. The average Bonchev–Trinajstić information content (AvgIpc) is 2.74. The van der Waals surface area contributed by atoms with Crippen molar-refractivity contribution in [3.63, 3.8) is 0 Å². The van der Waals surface area contributed by atoms with E-state index in [0.29, 0.717) is 11.7 Å². The van der Waals surface area contributed by atoms with Crippen molar-refractivity contribution in [1.82, 2.24) is 0 Å². The summed E-state index contributed by atoms with van der Waals surface area (Å²) in [4.78, 5) is 12.6. The number of hydrogen-bond donors (Lipinski definition) is 0. The molecule has 3 rings (SSSR count). The molecule has 0 radical (unpaired) electrons. The Morgan fingerprint density at radius 3 is 2.45 bits per heavy atom. The number of fused-ring (bicyclic) bond motifs is 2. The quantitative estimate of drug-likeness (QED) is 0.712. The van der Waals surface area contributed by atoms with Crippen LogP contribution in [0.25, 0.3) is 6.08 Å². The van der Waals surface area contributed by atoms with Crippen LogP contribution in [0.4, 0.5) is 0 Å². The van der Waals surface area contributed by atoms with Crippen LogP contribution in [0.1, 0.15) is 39.2 Å². The number of carbonyl (C=O) groups is 1. The fourth-order valence-electron chi connectivity index (χ4n) is 3.95. The summed E-state index contributed by atoms with van der Waals surface area (Å²) in [6.07, 6.45) is 8.35. The van der Waals surface area contributed by atoms with E-state index in [1.807, 2.05) is 30.4 Å². The molecule has 1 aromatic rings. The molecule has 2 unspecified atom stereocenters. The van der Waals surface area contributed by atoms with Crippen molar-refractivity contribution in [3.05, 3.63) is 53.6 Å². The Kier molecular flexibility index (Phi) is 2.97. The highest BCUT2D eigenvalue weighted by Gasteiger charge is 2.63. The first-order chi connectivity index (χ1) is 9.47. The van der Waals surface area contributed by atoms with E-state index in [-0.39, 0.29) is 10.8 Å². The van der Waals surface area contributed by atoms with Gasteiger partial charge in [0.1, 0.15) is 0 Å². The molecule has 2 saturated carbocycles. The van der Waals surface area contributed by atoms with E-state index in [4.69, 9.17) is 0 Å². The second-order valence-electron chi connectivity index (χ2n) is 6.87. The molecule has 1 heteroatoms. The van der Waals surface area contributed by atoms with Crippen molar-refractivity contribution < 1.29 is 4.79 Å². The van der Waals surface area contributed by atoms with Gasteiger partial charge in [0.25, 0.3) is 0 Å². The zero-order chi connectivity index (χ0) is 14.4. The Bertz CT molecular complexity index is 591. The fraction of sp³-hybridized carbons (Fsp3) is 0.421. The van der Waals surface area contributed by atoms with Crippen molar-refractivity contribution in [2.75, 3.05) is 0 Å². The molecule has 0 aromatic heterocycles. The first-order valence-electron chi connectivity index (χ1n) is 7.45. The van der Waals surface area contributed by atoms with Gasteiger partial charge in [-0.25, -0.2) is 0 Å². The number of benzene rings is 1. The minimum atomic E-state index is -0.149. The molecule has 2 bridgehead atoms. The molecule has 0 spiro atoms. The number of rotatable bonds is 2. The normalized spacial score (nSPS) is 33.5. The molecule has 2 aliphatic carbocycles. The predicted molar refractivity (Wildman–Crippen MR) is 83.2 cm³/mol. The van der Waals surface area contributed by atoms with Crippen LogP contribution in [0.2, 0.25) is 0 Å². The molecular weight excluding hydrogens is 244 g/mol. The zero-order valence-electron chi connectivity index (χ0n) is 12.5. The third-order valence-corrected chi connectivity index (χ3v) is 5.73. The maximum Gasteiger partial charge on any atom is 0.165 e. The molecular formula is C19H22O. The van der Waals surface area contributed by atoms with Gasteiger partial charge >= 0.3 is 0 Å². The summed E-state index contributed by atoms with van der Waals surface area (Å²) >= 11 is 0. The van der Waals surface area contributed by atoms with Crippen molar-refractivity contribution in [2.24, 2.45) is 16.7 Å².